The fourth-order valence-electron chi connectivity index (χ4n) is 1.79. The summed E-state index contributed by atoms with van der Waals surface area (Å²) in [6.07, 6.45) is -0.504. The molecule has 2 aromatic rings. The molecule has 0 unspecified atom stereocenters. The lowest BCUT2D eigenvalue weighted by molar-refractivity contribution is 0.221. The number of benzene rings is 1. The van der Waals surface area contributed by atoms with Crippen LogP contribution in [0.25, 0.3) is 0 Å². The van der Waals surface area contributed by atoms with Gasteiger partial charge < -0.3 is 5.11 Å². The highest BCUT2D eigenvalue weighted by Crippen LogP contribution is 2.27. The van der Waals surface area contributed by atoms with Crippen LogP contribution in [0.2, 0.25) is 0 Å². The number of rotatable bonds is 2. The van der Waals surface area contributed by atoms with E-state index < -0.39 is 6.10 Å². The standard InChI is InChI=1S/C15H18OS/c1-15(2,3)13-6-4-11(5-7-13)14(16)12-8-9-17-10-12/h4-10,14,16H,1-3H3/t14-/m1/s1. The third-order valence-corrected chi connectivity index (χ3v) is 3.65. The van der Waals surface area contributed by atoms with Crippen molar-refractivity contribution in [2.75, 3.05) is 0 Å². The second kappa shape index (κ2) is 4.63. The third-order valence-electron chi connectivity index (χ3n) is 2.95. The van der Waals surface area contributed by atoms with E-state index in [1.165, 1.54) is 5.56 Å². The molecule has 0 fully saturated rings. The Balaban J connectivity index is 2.24. The molecule has 1 heterocycles. The Hall–Kier alpha value is -1.12. The Kier molecular flexibility index (Phi) is 3.36. The van der Waals surface area contributed by atoms with Gasteiger partial charge in [0.25, 0.3) is 0 Å². The van der Waals surface area contributed by atoms with Crippen molar-refractivity contribution in [1.82, 2.24) is 0 Å². The molecule has 17 heavy (non-hydrogen) atoms. The maximum Gasteiger partial charge on any atom is 0.105 e. The van der Waals surface area contributed by atoms with Crippen molar-refractivity contribution in [3.05, 3.63) is 57.8 Å². The Morgan fingerprint density at radius 1 is 1.00 bits per heavy atom. The molecule has 1 nitrogen and oxygen atoms in total. The predicted molar refractivity (Wildman–Crippen MR) is 73.5 cm³/mol. The zero-order valence-electron chi connectivity index (χ0n) is 10.5. The van der Waals surface area contributed by atoms with Gasteiger partial charge >= 0.3 is 0 Å². The number of hydrogen-bond donors (Lipinski definition) is 1. The largest absolute Gasteiger partial charge is 0.384 e. The molecule has 0 aliphatic carbocycles. The summed E-state index contributed by atoms with van der Waals surface area (Å²) in [5, 5.41) is 14.2. The quantitative estimate of drug-likeness (QED) is 0.845. The van der Waals surface area contributed by atoms with Crippen LogP contribution in [0, 0.1) is 0 Å². The normalized spacial score (nSPS) is 13.6. The first kappa shape index (κ1) is 12.3. The first-order chi connectivity index (χ1) is 7.98. The van der Waals surface area contributed by atoms with Crippen LogP contribution in [0.3, 0.4) is 0 Å². The van der Waals surface area contributed by atoms with E-state index in [9.17, 15) is 5.11 Å². The van der Waals surface area contributed by atoms with Gasteiger partial charge in [-0.3, -0.25) is 0 Å². The van der Waals surface area contributed by atoms with Crippen LogP contribution in [-0.4, -0.2) is 5.11 Å². The molecular formula is C15H18OS. The molecular weight excluding hydrogens is 228 g/mol. The molecule has 0 saturated carbocycles. The Labute approximate surface area is 107 Å². The molecule has 1 aromatic carbocycles. The van der Waals surface area contributed by atoms with Gasteiger partial charge in [0.05, 0.1) is 0 Å². The van der Waals surface area contributed by atoms with E-state index in [1.807, 2.05) is 29.0 Å². The first-order valence-electron chi connectivity index (χ1n) is 5.79. The Morgan fingerprint density at radius 3 is 2.12 bits per heavy atom. The summed E-state index contributed by atoms with van der Waals surface area (Å²) in [7, 11) is 0. The second-order valence-electron chi connectivity index (χ2n) is 5.33. The van der Waals surface area contributed by atoms with Gasteiger partial charge in [0.2, 0.25) is 0 Å². The van der Waals surface area contributed by atoms with Crippen LogP contribution in [0.5, 0.6) is 0 Å². The summed E-state index contributed by atoms with van der Waals surface area (Å²) in [5.41, 5.74) is 3.37. The van der Waals surface area contributed by atoms with Gasteiger partial charge in [0, 0.05) is 0 Å². The van der Waals surface area contributed by atoms with Gasteiger partial charge in [-0.15, -0.1) is 0 Å². The average Bonchev–Trinajstić information content (AvgIpc) is 2.80. The number of aliphatic hydroxyl groups excluding tert-OH is 1. The van der Waals surface area contributed by atoms with E-state index >= 15 is 0 Å². The van der Waals surface area contributed by atoms with Crippen molar-refractivity contribution in [3.63, 3.8) is 0 Å². The van der Waals surface area contributed by atoms with Crippen molar-refractivity contribution >= 4 is 11.3 Å². The lowest BCUT2D eigenvalue weighted by atomic mass is 9.86. The van der Waals surface area contributed by atoms with E-state index in [0.29, 0.717) is 0 Å². The van der Waals surface area contributed by atoms with Gasteiger partial charge in [-0.25, -0.2) is 0 Å². The lowest BCUT2D eigenvalue weighted by Crippen LogP contribution is -2.11. The fraction of sp³-hybridized carbons (Fsp3) is 0.333. The zero-order valence-corrected chi connectivity index (χ0v) is 11.3. The SMILES string of the molecule is CC(C)(C)c1ccc([C@@H](O)c2ccsc2)cc1. The molecule has 0 aliphatic rings. The molecule has 2 heteroatoms. The first-order valence-corrected chi connectivity index (χ1v) is 6.73. The molecule has 0 aliphatic heterocycles. The molecule has 0 amide bonds. The third kappa shape index (κ3) is 2.76. The summed E-state index contributed by atoms with van der Waals surface area (Å²) in [6, 6.07) is 10.2. The molecule has 0 bridgehead atoms. The van der Waals surface area contributed by atoms with Crippen LogP contribution in [0.15, 0.2) is 41.1 Å². The van der Waals surface area contributed by atoms with Crippen molar-refractivity contribution in [2.45, 2.75) is 32.3 Å². The summed E-state index contributed by atoms with van der Waals surface area (Å²) < 4.78 is 0. The maximum absolute atomic E-state index is 10.2. The molecule has 1 atom stereocenters. The van der Waals surface area contributed by atoms with Crippen LogP contribution in [0.1, 0.15) is 43.6 Å². The number of aliphatic hydroxyl groups is 1. The van der Waals surface area contributed by atoms with Gasteiger partial charge in [-0.05, 0) is 38.9 Å². The topological polar surface area (TPSA) is 20.2 Å². The molecule has 2 rings (SSSR count). The van der Waals surface area contributed by atoms with Crippen molar-refractivity contribution in [3.8, 4) is 0 Å². The smallest absolute Gasteiger partial charge is 0.105 e. The Bertz CT molecular complexity index is 463. The molecule has 1 N–H and O–H groups in total. The van der Waals surface area contributed by atoms with Crippen LogP contribution < -0.4 is 0 Å². The number of thiophene rings is 1. The van der Waals surface area contributed by atoms with Gasteiger partial charge in [0.1, 0.15) is 6.10 Å². The van der Waals surface area contributed by atoms with Crippen molar-refractivity contribution in [2.24, 2.45) is 0 Å². The highest BCUT2D eigenvalue weighted by molar-refractivity contribution is 7.07. The van der Waals surface area contributed by atoms with E-state index in [0.717, 1.165) is 11.1 Å². The summed E-state index contributed by atoms with van der Waals surface area (Å²) in [4.78, 5) is 0. The van der Waals surface area contributed by atoms with Crippen molar-refractivity contribution in [1.29, 1.82) is 0 Å². The highest BCUT2D eigenvalue weighted by Gasteiger charge is 2.15. The monoisotopic (exact) mass is 246 g/mol. The molecule has 1 aromatic heterocycles. The van der Waals surface area contributed by atoms with Gasteiger partial charge in [-0.1, -0.05) is 45.0 Å². The van der Waals surface area contributed by atoms with E-state index in [-0.39, 0.29) is 5.41 Å². The average molecular weight is 246 g/mol. The minimum absolute atomic E-state index is 0.159. The van der Waals surface area contributed by atoms with Crippen LogP contribution in [-0.2, 0) is 5.41 Å². The maximum atomic E-state index is 10.2. The second-order valence-corrected chi connectivity index (χ2v) is 6.11. The van der Waals surface area contributed by atoms with Gasteiger partial charge in [0.15, 0.2) is 0 Å². The zero-order chi connectivity index (χ0) is 12.5. The van der Waals surface area contributed by atoms with E-state index in [2.05, 4.69) is 32.9 Å². The van der Waals surface area contributed by atoms with E-state index in [1.54, 1.807) is 11.3 Å². The minimum Gasteiger partial charge on any atom is -0.384 e. The minimum atomic E-state index is -0.504. The van der Waals surface area contributed by atoms with Crippen LogP contribution in [0.4, 0.5) is 0 Å². The predicted octanol–water partition coefficient (Wildman–Crippen LogP) is 4.13. The molecule has 0 spiro atoms. The summed E-state index contributed by atoms with van der Waals surface area (Å²) in [6.45, 7) is 6.58. The van der Waals surface area contributed by atoms with E-state index in [4.69, 9.17) is 0 Å². The summed E-state index contributed by atoms with van der Waals surface area (Å²) in [5.74, 6) is 0. The fourth-order valence-corrected chi connectivity index (χ4v) is 2.47. The van der Waals surface area contributed by atoms with Gasteiger partial charge in [-0.2, -0.15) is 11.3 Å². The van der Waals surface area contributed by atoms with Crippen molar-refractivity contribution < 1.29 is 5.11 Å². The number of hydrogen-bond acceptors (Lipinski definition) is 2. The Morgan fingerprint density at radius 2 is 1.65 bits per heavy atom. The summed E-state index contributed by atoms with van der Waals surface area (Å²) >= 11 is 1.61. The van der Waals surface area contributed by atoms with Crippen LogP contribution >= 0.6 is 11.3 Å². The molecule has 0 saturated heterocycles. The lowest BCUT2D eigenvalue weighted by Gasteiger charge is -2.20. The highest BCUT2D eigenvalue weighted by atomic mass is 32.1. The molecule has 0 radical (unpaired) electrons. The molecule has 90 valence electrons.